The number of benzene rings is 10. The van der Waals surface area contributed by atoms with Gasteiger partial charge in [0.2, 0.25) is 0 Å². The number of fused-ring (bicyclic) bond motifs is 18. The highest BCUT2D eigenvalue weighted by atomic mass is 16.3. The number of rotatable bonds is 0. The Bertz CT molecular complexity index is 4570. The van der Waals surface area contributed by atoms with Gasteiger partial charge in [-0.3, -0.25) is 0 Å². The van der Waals surface area contributed by atoms with Crippen molar-refractivity contribution in [3.63, 3.8) is 0 Å². The SMILES string of the molecule is CC(C)(C)c1cc2c(O)c(c1)CNc1ccccc1NCc1cc(C(C)(C)C)cc(c1O)CNc1ccccc1NC2.Cc1cc2c(O)c(c1)C(C)Nc1ccccc1NC(C)c1cc(C)cc(c1O)C(C)Nc1ccccc1NC2C.Cc1cc2c(O)c(c1)CNC1CCCCC1NCc1cc(C)cc(c1O)CNC1CCCCC1NC2. The van der Waals surface area contributed by atoms with Gasteiger partial charge >= 0.3 is 0 Å². The molecule has 624 valence electrons. The fraction of sp³-hybridized carbons (Fsp3) is 0.400. The maximum Gasteiger partial charge on any atom is 0.126 e. The largest absolute Gasteiger partial charge is 0.507 e. The third-order valence-corrected chi connectivity index (χ3v) is 24.4. The highest BCUT2D eigenvalue weighted by Crippen LogP contribution is 2.44. The number of hydrogen-bond acceptors (Lipinski definition) is 18. The number of aryl methyl sites for hydroxylation is 4. The van der Waals surface area contributed by atoms with Crippen LogP contribution in [0, 0.1) is 27.7 Å². The van der Waals surface area contributed by atoms with E-state index < -0.39 is 0 Å². The number of hydrogen-bond donors (Lipinski definition) is 18. The van der Waals surface area contributed by atoms with Crippen LogP contribution in [0.15, 0.2) is 170 Å². The van der Waals surface area contributed by atoms with E-state index in [0.717, 1.165) is 149 Å². The van der Waals surface area contributed by atoms with Crippen molar-refractivity contribution in [2.75, 3.05) is 42.5 Å². The van der Waals surface area contributed by atoms with E-state index in [1.165, 1.54) is 47.9 Å². The molecule has 0 amide bonds. The van der Waals surface area contributed by atoms with Crippen LogP contribution in [0.25, 0.3) is 0 Å². The van der Waals surface area contributed by atoms with E-state index in [1.54, 1.807) is 0 Å². The Morgan fingerprint density at radius 3 is 0.661 bits per heavy atom. The molecule has 2 saturated carbocycles. The maximum atomic E-state index is 11.5. The number of phenols is 6. The Balaban J connectivity index is 0.000000154. The molecule has 2 fully saturated rings. The standard InChI is InChI=1S/C36H44N4O2.C34H40N4O2.C30H44N4O2/c1-35(2,3)27-15-23-19-37-29-11-7-9-13-31(29)39-21-25-17-28(36(4,5)6)18-26(34(25)42)22-40-32-14-10-8-12-30(32)38-20-24(16-27)33(23)41;1-19-15-25-21(3)35-29-11-7-9-13-31(29)37-23(5)27-17-20(2)18-28(34(27)40)24(6)38-32-14-10-8-12-30(32)36-22(4)26(16-19)33(25)39;1-19-11-21-15-31-25-7-3-5-9-27(25)33-17-23-13-20(2)14-24(30(23)36)18-34-28-10-6-4-8-26(28)32-16-22(12-19)29(21)35/h7-18,37-42H,19-22H2,1-6H3;7-18,21-24,35-40H,1-6H3;11-14,25-28,31-36H,3-10,15-18H2,1-2H3. The van der Waals surface area contributed by atoms with Crippen LogP contribution in [0.2, 0.25) is 0 Å². The molecular formula is C100H128N12O6. The van der Waals surface area contributed by atoms with Gasteiger partial charge < -0.3 is 94.4 Å². The monoisotopic (exact) mass is 1590 g/mol. The van der Waals surface area contributed by atoms with E-state index in [0.29, 0.717) is 111 Å². The summed E-state index contributed by atoms with van der Waals surface area (Å²) >= 11 is 0. The highest BCUT2D eigenvalue weighted by molar-refractivity contribution is 5.74. The molecule has 18 nitrogen and oxygen atoms in total. The first-order valence-corrected chi connectivity index (χ1v) is 42.8. The van der Waals surface area contributed by atoms with Gasteiger partial charge in [0.25, 0.3) is 0 Å². The fourth-order valence-corrected chi connectivity index (χ4v) is 17.6. The molecule has 12 bridgehead atoms. The molecule has 3 aliphatic heterocycles. The van der Waals surface area contributed by atoms with E-state index in [9.17, 15) is 30.6 Å². The van der Waals surface area contributed by atoms with Gasteiger partial charge in [0.05, 0.1) is 69.7 Å². The summed E-state index contributed by atoms with van der Waals surface area (Å²) in [6.07, 6.45) is 9.37. The third kappa shape index (κ3) is 20.7. The molecule has 5 aliphatic rings. The second-order valence-corrected chi connectivity index (χ2v) is 35.8. The van der Waals surface area contributed by atoms with Crippen LogP contribution >= 0.6 is 0 Å². The molecule has 18 heteroatoms. The topological polar surface area (TPSA) is 266 Å². The molecule has 8 atom stereocenters. The van der Waals surface area contributed by atoms with Crippen molar-refractivity contribution in [1.29, 1.82) is 0 Å². The van der Waals surface area contributed by atoms with Crippen LogP contribution in [0.3, 0.4) is 0 Å². The van der Waals surface area contributed by atoms with E-state index in [4.69, 9.17) is 0 Å². The smallest absolute Gasteiger partial charge is 0.126 e. The molecule has 8 unspecified atom stereocenters. The van der Waals surface area contributed by atoms with E-state index in [1.807, 2.05) is 121 Å². The Morgan fingerprint density at radius 2 is 0.449 bits per heavy atom. The van der Waals surface area contributed by atoms with Crippen molar-refractivity contribution in [2.45, 2.75) is 260 Å². The van der Waals surface area contributed by atoms with Gasteiger partial charge in [0, 0.05) is 143 Å². The minimum absolute atomic E-state index is 0.0756. The fourth-order valence-electron chi connectivity index (χ4n) is 17.6. The number of para-hydroxylation sites is 8. The number of anilines is 8. The molecule has 10 aromatic carbocycles. The van der Waals surface area contributed by atoms with Crippen molar-refractivity contribution >= 4 is 45.5 Å². The summed E-state index contributed by atoms with van der Waals surface area (Å²) in [5, 5.41) is 112. The second-order valence-electron chi connectivity index (χ2n) is 35.8. The first-order chi connectivity index (χ1) is 56.5. The van der Waals surface area contributed by atoms with Crippen LogP contribution in [0.5, 0.6) is 34.5 Å². The van der Waals surface area contributed by atoms with Crippen LogP contribution in [0.4, 0.5) is 45.5 Å². The lowest BCUT2D eigenvalue weighted by atomic mass is 9.84. The average Bonchev–Trinajstić information content (AvgIpc) is 0.683. The van der Waals surface area contributed by atoms with Crippen molar-refractivity contribution in [1.82, 2.24) is 21.3 Å². The zero-order chi connectivity index (χ0) is 83.7. The summed E-state index contributed by atoms with van der Waals surface area (Å²) in [4.78, 5) is 0. The second kappa shape index (κ2) is 37.5. The lowest BCUT2D eigenvalue weighted by Crippen LogP contribution is -2.49. The van der Waals surface area contributed by atoms with E-state index in [2.05, 4.69) is 209 Å². The minimum atomic E-state index is -0.156. The maximum absolute atomic E-state index is 11.5. The van der Waals surface area contributed by atoms with Gasteiger partial charge in [0.1, 0.15) is 34.5 Å². The Morgan fingerprint density at radius 1 is 0.254 bits per heavy atom. The molecule has 118 heavy (non-hydrogen) atoms. The number of nitrogens with one attached hydrogen (secondary N) is 12. The summed E-state index contributed by atoms with van der Waals surface area (Å²) in [6.45, 7) is 34.3. The Hall–Kier alpha value is -10.8. The van der Waals surface area contributed by atoms with Gasteiger partial charge in [-0.15, -0.1) is 0 Å². The molecule has 2 aliphatic carbocycles. The molecular weight excluding hydrogens is 1470 g/mol. The molecule has 0 radical (unpaired) electrons. The summed E-state index contributed by atoms with van der Waals surface area (Å²) in [7, 11) is 0. The van der Waals surface area contributed by atoms with Crippen LogP contribution in [0.1, 0.15) is 245 Å². The lowest BCUT2D eigenvalue weighted by molar-refractivity contribution is 0.275. The van der Waals surface area contributed by atoms with Gasteiger partial charge in [0.15, 0.2) is 0 Å². The first-order valence-electron chi connectivity index (χ1n) is 42.8. The predicted octanol–water partition coefficient (Wildman–Crippen LogP) is 21.6. The normalized spacial score (nSPS) is 20.5. The van der Waals surface area contributed by atoms with E-state index >= 15 is 0 Å². The Labute approximate surface area is 700 Å². The van der Waals surface area contributed by atoms with E-state index in [-0.39, 0.29) is 35.0 Å². The molecule has 0 spiro atoms. The van der Waals surface area contributed by atoms with Crippen LogP contribution in [-0.2, 0) is 63.2 Å². The number of aromatic hydroxyl groups is 6. The molecule has 10 aromatic rings. The van der Waals surface area contributed by atoms with Crippen molar-refractivity contribution in [3.8, 4) is 34.5 Å². The first kappa shape index (κ1) is 85.1. The summed E-state index contributed by atoms with van der Waals surface area (Å²) in [5.41, 5.74) is 24.9. The minimum Gasteiger partial charge on any atom is -0.507 e. The highest BCUT2D eigenvalue weighted by Gasteiger charge is 2.31. The molecule has 15 rings (SSSR count). The van der Waals surface area contributed by atoms with Crippen LogP contribution in [-0.4, -0.2) is 54.8 Å². The van der Waals surface area contributed by atoms with Crippen molar-refractivity contribution in [2.24, 2.45) is 0 Å². The van der Waals surface area contributed by atoms with Crippen LogP contribution < -0.4 is 63.8 Å². The average molecular weight is 1590 g/mol. The number of phenolic OH excluding ortho intramolecular Hbond substituents is 6. The molecule has 0 aromatic heterocycles. The predicted molar refractivity (Wildman–Crippen MR) is 488 cm³/mol. The Kier molecular flexibility index (Phi) is 27.0. The third-order valence-electron chi connectivity index (χ3n) is 24.4. The van der Waals surface area contributed by atoms with Crippen molar-refractivity contribution in [3.05, 3.63) is 270 Å². The molecule has 18 N–H and O–H groups in total. The zero-order valence-electron chi connectivity index (χ0n) is 71.8. The van der Waals surface area contributed by atoms with Gasteiger partial charge in [-0.05, 0) is 176 Å². The molecule has 3 heterocycles. The van der Waals surface area contributed by atoms with Crippen molar-refractivity contribution < 1.29 is 30.6 Å². The van der Waals surface area contributed by atoms with Gasteiger partial charge in [-0.2, -0.15) is 0 Å². The lowest BCUT2D eigenvalue weighted by Gasteiger charge is -2.34. The van der Waals surface area contributed by atoms with Gasteiger partial charge in [-0.1, -0.05) is 187 Å². The zero-order valence-corrected chi connectivity index (χ0v) is 71.8. The summed E-state index contributed by atoms with van der Waals surface area (Å²) in [6, 6.07) is 58.1. The summed E-state index contributed by atoms with van der Waals surface area (Å²) < 4.78 is 0. The van der Waals surface area contributed by atoms with Gasteiger partial charge in [-0.25, -0.2) is 0 Å². The molecule has 0 saturated heterocycles. The summed E-state index contributed by atoms with van der Waals surface area (Å²) in [5.74, 6) is 2.04. The quantitative estimate of drug-likeness (QED) is 0.0673.